The number of nitrogens with zero attached hydrogens (tertiary/aromatic N) is 4. The van der Waals surface area contributed by atoms with E-state index in [2.05, 4.69) is 39.9 Å². The topological polar surface area (TPSA) is 113 Å². The standard InChI is InChI=1S/C36H27N5O4S/c1-2-45-35(44)21-16-18-22(19-17-21)38-39-33-31(20-10-4-3-5-11-20)37-36(46-33)41-34(43)30-28-25-14-8-6-12-23(25)27(29(30)32(42)40-41)24-13-7-9-15-26(24)28/h3-19,27-30H,2H2,1H3,(H,40,42). The number of esters is 1. The lowest BCUT2D eigenvalue weighted by Crippen LogP contribution is -2.64. The summed E-state index contributed by atoms with van der Waals surface area (Å²) in [5, 5.41) is 11.0. The van der Waals surface area contributed by atoms with E-state index in [0.717, 1.165) is 27.8 Å². The van der Waals surface area contributed by atoms with Gasteiger partial charge in [0.25, 0.3) is 5.91 Å². The number of carbonyl (C=O) groups excluding carboxylic acids is 3. The van der Waals surface area contributed by atoms with Crippen molar-refractivity contribution in [2.75, 3.05) is 11.6 Å². The second-order valence-electron chi connectivity index (χ2n) is 11.4. The molecule has 9 rings (SSSR count). The van der Waals surface area contributed by atoms with Crippen molar-refractivity contribution in [3.63, 3.8) is 0 Å². The third-order valence-electron chi connectivity index (χ3n) is 8.94. The van der Waals surface area contributed by atoms with Crippen LogP contribution in [-0.4, -0.2) is 29.4 Å². The molecule has 2 unspecified atom stereocenters. The van der Waals surface area contributed by atoms with E-state index >= 15 is 0 Å². The molecule has 0 radical (unpaired) electrons. The molecule has 1 saturated heterocycles. The molecule has 10 heteroatoms. The van der Waals surface area contributed by atoms with Gasteiger partial charge >= 0.3 is 5.97 Å². The van der Waals surface area contributed by atoms with E-state index in [1.54, 1.807) is 31.2 Å². The van der Waals surface area contributed by atoms with Gasteiger partial charge in [-0.1, -0.05) is 90.2 Å². The molecule has 2 atom stereocenters. The Morgan fingerprint density at radius 1 is 0.804 bits per heavy atom. The smallest absolute Gasteiger partial charge is 0.338 e. The first-order valence-electron chi connectivity index (χ1n) is 15.1. The monoisotopic (exact) mass is 625 g/mol. The number of ether oxygens (including phenoxy) is 1. The van der Waals surface area contributed by atoms with E-state index in [1.165, 1.54) is 16.3 Å². The molecule has 4 aromatic carbocycles. The molecule has 46 heavy (non-hydrogen) atoms. The summed E-state index contributed by atoms with van der Waals surface area (Å²) in [6.45, 7) is 2.05. The summed E-state index contributed by atoms with van der Waals surface area (Å²) in [6.07, 6.45) is 0. The van der Waals surface area contributed by atoms with Crippen LogP contribution in [0, 0.1) is 11.8 Å². The van der Waals surface area contributed by atoms with Crippen molar-refractivity contribution in [1.29, 1.82) is 0 Å². The van der Waals surface area contributed by atoms with Gasteiger partial charge in [0.05, 0.1) is 29.7 Å². The zero-order valence-corrected chi connectivity index (χ0v) is 25.5. The number of aromatic nitrogens is 1. The van der Waals surface area contributed by atoms with E-state index in [-0.39, 0.29) is 23.7 Å². The third-order valence-corrected chi connectivity index (χ3v) is 9.86. The number of azo groups is 1. The summed E-state index contributed by atoms with van der Waals surface area (Å²) in [5.41, 5.74) is 9.61. The van der Waals surface area contributed by atoms with Gasteiger partial charge in [-0.05, 0) is 53.4 Å². The molecule has 1 aromatic heterocycles. The zero-order chi connectivity index (χ0) is 31.4. The molecule has 0 spiro atoms. The van der Waals surface area contributed by atoms with E-state index in [1.807, 2.05) is 54.6 Å². The van der Waals surface area contributed by atoms with Crippen molar-refractivity contribution in [2.45, 2.75) is 18.8 Å². The second-order valence-corrected chi connectivity index (χ2v) is 12.4. The maximum absolute atomic E-state index is 14.5. The molecule has 0 saturated carbocycles. The fourth-order valence-electron chi connectivity index (χ4n) is 7.05. The van der Waals surface area contributed by atoms with Gasteiger partial charge in [0, 0.05) is 17.4 Å². The van der Waals surface area contributed by atoms with Crippen LogP contribution in [0.25, 0.3) is 11.3 Å². The zero-order valence-electron chi connectivity index (χ0n) is 24.7. The number of anilines is 1. The highest BCUT2D eigenvalue weighted by molar-refractivity contribution is 7.20. The van der Waals surface area contributed by atoms with E-state index in [9.17, 15) is 14.4 Å². The maximum Gasteiger partial charge on any atom is 0.338 e. The molecule has 4 aliphatic rings. The minimum atomic E-state index is -0.574. The summed E-state index contributed by atoms with van der Waals surface area (Å²) >= 11 is 1.18. The van der Waals surface area contributed by atoms with Gasteiger partial charge in [0.2, 0.25) is 11.0 Å². The van der Waals surface area contributed by atoms with Crippen molar-refractivity contribution in [2.24, 2.45) is 22.1 Å². The first-order chi connectivity index (χ1) is 22.5. The fraction of sp³-hybridized carbons (Fsp3) is 0.167. The van der Waals surface area contributed by atoms with E-state index in [0.29, 0.717) is 33.7 Å². The molecule has 3 aliphatic carbocycles. The van der Waals surface area contributed by atoms with Gasteiger partial charge in [-0.2, -0.15) is 5.01 Å². The molecular formula is C36H27N5O4S. The molecule has 1 N–H and O–H groups in total. The normalized spacial score (nSPS) is 21.0. The average Bonchev–Trinajstić information content (AvgIpc) is 3.53. The van der Waals surface area contributed by atoms with Gasteiger partial charge in [0.1, 0.15) is 5.69 Å². The van der Waals surface area contributed by atoms with Crippen LogP contribution >= 0.6 is 11.3 Å². The fourth-order valence-corrected chi connectivity index (χ4v) is 7.93. The van der Waals surface area contributed by atoms with Crippen LogP contribution in [0.2, 0.25) is 0 Å². The van der Waals surface area contributed by atoms with Crippen molar-refractivity contribution in [1.82, 2.24) is 10.4 Å². The maximum atomic E-state index is 14.5. The Morgan fingerprint density at radius 3 is 2.00 bits per heavy atom. The molecule has 1 aliphatic heterocycles. The number of nitrogens with one attached hydrogen (secondary N) is 1. The Morgan fingerprint density at radius 2 is 1.39 bits per heavy atom. The van der Waals surface area contributed by atoms with Crippen LogP contribution in [0.5, 0.6) is 0 Å². The highest BCUT2D eigenvalue weighted by Gasteiger charge is 2.59. The molecule has 2 heterocycles. The van der Waals surface area contributed by atoms with Crippen molar-refractivity contribution in [3.8, 4) is 11.3 Å². The van der Waals surface area contributed by atoms with E-state index in [4.69, 9.17) is 9.72 Å². The van der Waals surface area contributed by atoms with Crippen molar-refractivity contribution in [3.05, 3.63) is 131 Å². The van der Waals surface area contributed by atoms with Crippen molar-refractivity contribution < 1.29 is 19.1 Å². The first kappa shape index (κ1) is 28.0. The number of hydrazine groups is 1. The summed E-state index contributed by atoms with van der Waals surface area (Å²) in [5.74, 6) is -2.35. The van der Waals surface area contributed by atoms with Gasteiger partial charge in [-0.3, -0.25) is 15.0 Å². The molecule has 5 aromatic rings. The summed E-state index contributed by atoms with van der Waals surface area (Å²) in [6, 6.07) is 32.5. The predicted molar refractivity (Wildman–Crippen MR) is 173 cm³/mol. The number of benzene rings is 4. The first-order valence-corrected chi connectivity index (χ1v) is 15.9. The highest BCUT2D eigenvalue weighted by atomic mass is 32.1. The predicted octanol–water partition coefficient (Wildman–Crippen LogP) is 7.30. The third kappa shape index (κ3) is 4.44. The van der Waals surface area contributed by atoms with Crippen LogP contribution in [-0.2, 0) is 14.3 Å². The molecule has 226 valence electrons. The number of carbonyl (C=O) groups is 3. The van der Waals surface area contributed by atoms with Crippen LogP contribution in [0.4, 0.5) is 15.8 Å². The average molecular weight is 626 g/mol. The lowest BCUT2D eigenvalue weighted by molar-refractivity contribution is -0.142. The van der Waals surface area contributed by atoms with Gasteiger partial charge in [-0.25, -0.2) is 9.78 Å². The van der Waals surface area contributed by atoms with Crippen LogP contribution in [0.1, 0.15) is 51.4 Å². The number of amides is 2. The SMILES string of the molecule is CCOC(=O)c1ccc(N=Nc2sc(N3NC(=O)C4C5c6ccccc6C(c6ccccc65)C4C3=O)nc2-c2ccccc2)cc1. The molecule has 2 amide bonds. The molecule has 9 nitrogen and oxygen atoms in total. The van der Waals surface area contributed by atoms with E-state index < -0.39 is 17.8 Å². The number of thiazole rings is 1. The minimum absolute atomic E-state index is 0.199. The van der Waals surface area contributed by atoms with Gasteiger partial charge in [0.15, 0.2) is 5.00 Å². The molecule has 2 bridgehead atoms. The number of hydrogen-bond acceptors (Lipinski definition) is 8. The lowest BCUT2D eigenvalue weighted by atomic mass is 9.53. The Labute approximate surface area is 268 Å². The summed E-state index contributed by atoms with van der Waals surface area (Å²) in [4.78, 5) is 45.3. The van der Waals surface area contributed by atoms with Gasteiger partial charge < -0.3 is 4.74 Å². The largest absolute Gasteiger partial charge is 0.462 e. The Bertz CT molecular complexity index is 1990. The minimum Gasteiger partial charge on any atom is -0.462 e. The van der Waals surface area contributed by atoms with Gasteiger partial charge in [-0.15, -0.1) is 10.2 Å². The van der Waals surface area contributed by atoms with Crippen LogP contribution in [0.3, 0.4) is 0 Å². The Kier molecular flexibility index (Phi) is 6.79. The van der Waals surface area contributed by atoms with Crippen LogP contribution in [0.15, 0.2) is 113 Å². The van der Waals surface area contributed by atoms with Crippen LogP contribution < -0.4 is 10.4 Å². The Hall–Kier alpha value is -5.48. The lowest BCUT2D eigenvalue weighted by Gasteiger charge is -2.52. The Balaban J connectivity index is 1.17. The molecular weight excluding hydrogens is 598 g/mol. The molecule has 1 fully saturated rings. The highest BCUT2D eigenvalue weighted by Crippen LogP contribution is 2.59. The second kappa shape index (κ2) is 11.1. The summed E-state index contributed by atoms with van der Waals surface area (Å²) < 4.78 is 5.06. The number of rotatable bonds is 6. The number of hydrogen-bond donors (Lipinski definition) is 1. The summed E-state index contributed by atoms with van der Waals surface area (Å²) in [7, 11) is 0. The van der Waals surface area contributed by atoms with Crippen molar-refractivity contribution >= 4 is 44.9 Å². The quantitative estimate of drug-likeness (QED) is 0.157.